The minimum Gasteiger partial charge on any atom is -0.478 e. The van der Waals surface area contributed by atoms with Crippen molar-refractivity contribution in [1.82, 2.24) is 14.8 Å². The Labute approximate surface area is 86.4 Å². The minimum absolute atomic E-state index is 0.267. The van der Waals surface area contributed by atoms with Crippen molar-refractivity contribution >= 4 is 17.0 Å². The van der Waals surface area contributed by atoms with Crippen molar-refractivity contribution in [3.63, 3.8) is 0 Å². The highest BCUT2D eigenvalue weighted by Gasteiger charge is 2.16. The molecule has 2 heterocycles. The fraction of sp³-hybridized carbons (Fsp3) is 0.300. The van der Waals surface area contributed by atoms with Crippen LogP contribution in [0.4, 0.5) is 0 Å². The fourth-order valence-corrected chi connectivity index (χ4v) is 1.63. The number of carboxylic acid groups (broad SMARTS) is 1. The molecule has 0 amide bonds. The third kappa shape index (κ3) is 1.36. The van der Waals surface area contributed by atoms with Crippen molar-refractivity contribution in [3.05, 3.63) is 23.0 Å². The highest BCUT2D eigenvalue weighted by molar-refractivity contribution is 6.02. The molecule has 0 bridgehead atoms. The van der Waals surface area contributed by atoms with Crippen LogP contribution in [0.5, 0.6) is 0 Å². The average molecular weight is 205 g/mol. The highest BCUT2D eigenvalue weighted by Crippen LogP contribution is 2.21. The molecule has 2 aromatic rings. The van der Waals surface area contributed by atoms with Crippen LogP contribution in [0, 0.1) is 13.8 Å². The van der Waals surface area contributed by atoms with Crippen molar-refractivity contribution in [2.24, 2.45) is 7.05 Å². The Morgan fingerprint density at radius 1 is 1.47 bits per heavy atom. The molecule has 15 heavy (non-hydrogen) atoms. The van der Waals surface area contributed by atoms with Crippen molar-refractivity contribution < 1.29 is 9.90 Å². The van der Waals surface area contributed by atoms with Gasteiger partial charge in [-0.25, -0.2) is 9.78 Å². The molecule has 78 valence electrons. The van der Waals surface area contributed by atoms with E-state index < -0.39 is 5.97 Å². The van der Waals surface area contributed by atoms with Gasteiger partial charge in [0.05, 0.1) is 10.9 Å². The van der Waals surface area contributed by atoms with Gasteiger partial charge in [0.1, 0.15) is 0 Å². The molecule has 0 aliphatic carbocycles. The Kier molecular flexibility index (Phi) is 1.96. The number of aromatic carboxylic acids is 1. The third-order valence-corrected chi connectivity index (χ3v) is 2.45. The second-order valence-electron chi connectivity index (χ2n) is 3.52. The zero-order valence-corrected chi connectivity index (χ0v) is 8.77. The first-order valence-corrected chi connectivity index (χ1v) is 4.55. The molecular weight excluding hydrogens is 194 g/mol. The van der Waals surface area contributed by atoms with Gasteiger partial charge < -0.3 is 5.11 Å². The van der Waals surface area contributed by atoms with Crippen LogP contribution in [0.2, 0.25) is 0 Å². The molecule has 0 saturated heterocycles. The van der Waals surface area contributed by atoms with Crippen molar-refractivity contribution in [2.75, 3.05) is 0 Å². The predicted octanol–water partition coefficient (Wildman–Crippen LogP) is 1.28. The third-order valence-electron chi connectivity index (χ3n) is 2.45. The van der Waals surface area contributed by atoms with E-state index in [1.165, 1.54) is 0 Å². The fourth-order valence-electron chi connectivity index (χ4n) is 1.63. The minimum atomic E-state index is -0.943. The summed E-state index contributed by atoms with van der Waals surface area (Å²) in [4.78, 5) is 15.3. The lowest BCUT2D eigenvalue weighted by molar-refractivity contribution is 0.0699. The predicted molar refractivity (Wildman–Crippen MR) is 54.9 cm³/mol. The van der Waals surface area contributed by atoms with Crippen LogP contribution >= 0.6 is 0 Å². The molecule has 2 rings (SSSR count). The first-order valence-electron chi connectivity index (χ1n) is 4.55. The van der Waals surface area contributed by atoms with Gasteiger partial charge in [0, 0.05) is 18.4 Å². The van der Waals surface area contributed by atoms with E-state index in [4.69, 9.17) is 5.11 Å². The second-order valence-corrected chi connectivity index (χ2v) is 3.52. The molecule has 0 atom stereocenters. The monoisotopic (exact) mass is 205 g/mol. The Bertz CT molecular complexity index is 557. The summed E-state index contributed by atoms with van der Waals surface area (Å²) < 4.78 is 1.64. The van der Waals surface area contributed by atoms with Gasteiger partial charge in [-0.1, -0.05) is 0 Å². The summed E-state index contributed by atoms with van der Waals surface area (Å²) in [5, 5.41) is 13.9. The SMILES string of the molecule is Cc1cc(C(=O)O)c2c(C)n(C)nc2n1. The van der Waals surface area contributed by atoms with Crippen LogP contribution in [0.1, 0.15) is 21.7 Å². The lowest BCUT2D eigenvalue weighted by atomic mass is 10.1. The topological polar surface area (TPSA) is 68.0 Å². The number of hydrogen-bond donors (Lipinski definition) is 1. The number of fused-ring (bicyclic) bond motifs is 1. The summed E-state index contributed by atoms with van der Waals surface area (Å²) in [7, 11) is 1.78. The van der Waals surface area contributed by atoms with Crippen molar-refractivity contribution in [1.29, 1.82) is 0 Å². The molecule has 5 nitrogen and oxygen atoms in total. The van der Waals surface area contributed by atoms with Crippen LogP contribution in [0.15, 0.2) is 6.07 Å². The van der Waals surface area contributed by atoms with Crippen LogP contribution in [-0.4, -0.2) is 25.8 Å². The van der Waals surface area contributed by atoms with Crippen LogP contribution in [0.25, 0.3) is 11.0 Å². The van der Waals surface area contributed by atoms with Gasteiger partial charge >= 0.3 is 5.97 Å². The van der Waals surface area contributed by atoms with E-state index in [0.717, 1.165) is 5.69 Å². The molecule has 0 spiro atoms. The Balaban J connectivity index is 2.94. The lowest BCUT2D eigenvalue weighted by Crippen LogP contribution is -2.00. The van der Waals surface area contributed by atoms with E-state index >= 15 is 0 Å². The van der Waals surface area contributed by atoms with Crippen LogP contribution < -0.4 is 0 Å². The maximum Gasteiger partial charge on any atom is 0.336 e. The second kappa shape index (κ2) is 3.05. The van der Waals surface area contributed by atoms with Gasteiger partial charge in [-0.2, -0.15) is 5.10 Å². The summed E-state index contributed by atoms with van der Waals surface area (Å²) in [6.07, 6.45) is 0. The van der Waals surface area contributed by atoms with E-state index in [1.54, 1.807) is 24.7 Å². The number of aromatic nitrogens is 3. The summed E-state index contributed by atoms with van der Waals surface area (Å²) >= 11 is 0. The molecule has 0 unspecified atom stereocenters. The lowest BCUT2D eigenvalue weighted by Gasteiger charge is -1.99. The number of rotatable bonds is 1. The molecule has 5 heteroatoms. The Morgan fingerprint density at radius 2 is 2.13 bits per heavy atom. The van der Waals surface area contributed by atoms with E-state index in [-0.39, 0.29) is 5.56 Å². The van der Waals surface area contributed by atoms with Crippen LogP contribution in [-0.2, 0) is 7.05 Å². The zero-order valence-electron chi connectivity index (χ0n) is 8.77. The van der Waals surface area contributed by atoms with Gasteiger partial charge in [0.15, 0.2) is 5.65 Å². The van der Waals surface area contributed by atoms with E-state index in [9.17, 15) is 4.79 Å². The quantitative estimate of drug-likeness (QED) is 0.761. The molecule has 0 saturated carbocycles. The summed E-state index contributed by atoms with van der Waals surface area (Å²) in [6.45, 7) is 3.59. The molecule has 1 N–H and O–H groups in total. The van der Waals surface area contributed by atoms with Crippen molar-refractivity contribution in [2.45, 2.75) is 13.8 Å². The number of pyridine rings is 1. The van der Waals surface area contributed by atoms with Gasteiger partial charge in [-0.3, -0.25) is 4.68 Å². The van der Waals surface area contributed by atoms with Gasteiger partial charge in [0.25, 0.3) is 0 Å². The summed E-state index contributed by atoms with van der Waals surface area (Å²) in [6, 6.07) is 1.57. The van der Waals surface area contributed by atoms with Gasteiger partial charge in [-0.15, -0.1) is 0 Å². The maximum atomic E-state index is 11.1. The number of hydrogen-bond acceptors (Lipinski definition) is 3. The summed E-state index contributed by atoms with van der Waals surface area (Å²) in [5.41, 5.74) is 2.24. The molecule has 2 aromatic heterocycles. The molecule has 0 aliphatic heterocycles. The molecule has 0 radical (unpaired) electrons. The molecular formula is C10H11N3O2. The maximum absolute atomic E-state index is 11.1. The highest BCUT2D eigenvalue weighted by atomic mass is 16.4. The number of carbonyl (C=O) groups is 1. The summed E-state index contributed by atoms with van der Waals surface area (Å²) in [5.74, 6) is -0.943. The number of aryl methyl sites for hydroxylation is 3. The first-order chi connectivity index (χ1) is 7.00. The van der Waals surface area contributed by atoms with Crippen LogP contribution in [0.3, 0.4) is 0 Å². The van der Waals surface area contributed by atoms with Crippen molar-refractivity contribution in [3.8, 4) is 0 Å². The van der Waals surface area contributed by atoms with E-state index in [0.29, 0.717) is 16.7 Å². The Hall–Kier alpha value is -1.91. The van der Waals surface area contributed by atoms with E-state index in [1.807, 2.05) is 6.92 Å². The smallest absolute Gasteiger partial charge is 0.336 e. The molecule has 0 aliphatic rings. The number of carboxylic acids is 1. The molecule has 0 aromatic carbocycles. The first kappa shape index (κ1) is 9.64. The van der Waals surface area contributed by atoms with E-state index in [2.05, 4.69) is 10.1 Å². The normalized spacial score (nSPS) is 10.9. The molecule has 0 fully saturated rings. The average Bonchev–Trinajstić information content (AvgIpc) is 2.41. The number of nitrogens with zero attached hydrogens (tertiary/aromatic N) is 3. The van der Waals surface area contributed by atoms with Gasteiger partial charge in [0.2, 0.25) is 0 Å². The standard InChI is InChI=1S/C10H11N3O2/c1-5-4-7(10(14)15)8-6(2)13(3)12-9(8)11-5/h4H,1-3H3,(H,14,15). The largest absolute Gasteiger partial charge is 0.478 e. The van der Waals surface area contributed by atoms with Gasteiger partial charge in [-0.05, 0) is 19.9 Å². The Morgan fingerprint density at radius 3 is 2.73 bits per heavy atom. The zero-order chi connectivity index (χ0) is 11.2.